The summed E-state index contributed by atoms with van der Waals surface area (Å²) < 4.78 is 5.39. The number of rotatable bonds is 8. The number of carbonyl (C=O) groups is 1. The highest BCUT2D eigenvalue weighted by molar-refractivity contribution is 7.13. The maximum absolute atomic E-state index is 12.4. The molecule has 1 aliphatic rings. The Labute approximate surface area is 158 Å². The number of aromatic nitrogens is 2. The van der Waals surface area contributed by atoms with Crippen molar-refractivity contribution in [1.82, 2.24) is 25.3 Å². The van der Waals surface area contributed by atoms with Gasteiger partial charge in [0.15, 0.2) is 0 Å². The van der Waals surface area contributed by atoms with Crippen LogP contribution in [0.25, 0.3) is 10.7 Å². The lowest BCUT2D eigenvalue weighted by Gasteiger charge is -2.30. The minimum absolute atomic E-state index is 0.0443. The Morgan fingerprint density at radius 3 is 3.15 bits per heavy atom. The lowest BCUT2D eigenvalue weighted by Crippen LogP contribution is -2.43. The molecule has 1 aliphatic heterocycles. The summed E-state index contributed by atoms with van der Waals surface area (Å²) in [5, 5.41) is 9.13. The van der Waals surface area contributed by atoms with Gasteiger partial charge in [0.2, 0.25) is 17.6 Å². The molecule has 1 atom stereocenters. The summed E-state index contributed by atoms with van der Waals surface area (Å²) in [6.07, 6.45) is 2.94. The number of carbonyl (C=O) groups excluding carboxylic acids is 1. The maximum atomic E-state index is 12.4. The van der Waals surface area contributed by atoms with E-state index in [1.165, 1.54) is 0 Å². The van der Waals surface area contributed by atoms with Crippen LogP contribution in [0.3, 0.4) is 0 Å². The van der Waals surface area contributed by atoms with Crippen LogP contribution in [-0.4, -0.2) is 66.1 Å². The van der Waals surface area contributed by atoms with Crippen LogP contribution in [0.5, 0.6) is 0 Å². The van der Waals surface area contributed by atoms with Gasteiger partial charge in [-0.3, -0.25) is 9.69 Å². The number of likely N-dealkylation sites (tertiary alicyclic amines) is 1. The number of hydrogen-bond acceptors (Lipinski definition) is 7. The molecule has 2 aromatic heterocycles. The van der Waals surface area contributed by atoms with Crippen molar-refractivity contribution in [2.75, 3.05) is 40.3 Å². The van der Waals surface area contributed by atoms with Crippen molar-refractivity contribution < 1.29 is 9.32 Å². The molecule has 0 aliphatic carbocycles. The second-order valence-corrected chi connectivity index (χ2v) is 7.96. The Morgan fingerprint density at radius 1 is 1.50 bits per heavy atom. The van der Waals surface area contributed by atoms with Gasteiger partial charge in [-0.05, 0) is 57.9 Å². The van der Waals surface area contributed by atoms with Crippen molar-refractivity contribution in [2.45, 2.75) is 25.8 Å². The molecule has 26 heavy (non-hydrogen) atoms. The third kappa shape index (κ3) is 5.36. The van der Waals surface area contributed by atoms with E-state index in [1.807, 2.05) is 31.6 Å². The number of piperidine rings is 1. The van der Waals surface area contributed by atoms with Crippen LogP contribution in [0.15, 0.2) is 22.0 Å². The molecular weight excluding hydrogens is 350 g/mol. The summed E-state index contributed by atoms with van der Waals surface area (Å²) in [7, 11) is 4.09. The van der Waals surface area contributed by atoms with Gasteiger partial charge in [0, 0.05) is 13.1 Å². The third-order valence-corrected chi connectivity index (χ3v) is 5.39. The molecule has 8 heteroatoms. The van der Waals surface area contributed by atoms with Crippen LogP contribution in [-0.2, 0) is 11.3 Å². The Bertz CT molecular complexity index is 686. The van der Waals surface area contributed by atoms with Crippen LogP contribution in [0.1, 0.15) is 25.2 Å². The molecule has 142 valence electrons. The largest absolute Gasteiger partial charge is 0.356 e. The van der Waals surface area contributed by atoms with Gasteiger partial charge >= 0.3 is 0 Å². The summed E-state index contributed by atoms with van der Waals surface area (Å²) in [4.78, 5) is 22.3. The molecule has 1 fully saturated rings. The van der Waals surface area contributed by atoms with E-state index in [0.717, 1.165) is 50.3 Å². The first kappa shape index (κ1) is 19.0. The monoisotopic (exact) mass is 377 g/mol. The first-order valence-electron chi connectivity index (χ1n) is 9.13. The average molecular weight is 378 g/mol. The number of nitrogens with zero attached hydrogens (tertiary/aromatic N) is 4. The molecule has 0 aromatic carbocycles. The molecule has 0 saturated carbocycles. The second-order valence-electron chi connectivity index (χ2n) is 7.01. The van der Waals surface area contributed by atoms with Gasteiger partial charge in [0.05, 0.1) is 17.3 Å². The number of thiophene rings is 1. The number of amides is 1. The van der Waals surface area contributed by atoms with Crippen LogP contribution >= 0.6 is 11.3 Å². The van der Waals surface area contributed by atoms with Crippen LogP contribution < -0.4 is 5.32 Å². The van der Waals surface area contributed by atoms with Crippen LogP contribution in [0.4, 0.5) is 0 Å². The van der Waals surface area contributed by atoms with Gasteiger partial charge in [-0.2, -0.15) is 4.98 Å². The van der Waals surface area contributed by atoms with E-state index in [4.69, 9.17) is 4.52 Å². The fraction of sp³-hybridized carbons (Fsp3) is 0.611. The Kier molecular flexibility index (Phi) is 6.76. The summed E-state index contributed by atoms with van der Waals surface area (Å²) in [5.41, 5.74) is 0. The van der Waals surface area contributed by atoms with E-state index in [1.54, 1.807) is 11.3 Å². The molecule has 1 amide bonds. The third-order valence-electron chi connectivity index (χ3n) is 4.53. The number of hydrogen-bond donors (Lipinski definition) is 1. The molecule has 3 rings (SSSR count). The lowest BCUT2D eigenvalue weighted by atomic mass is 9.97. The van der Waals surface area contributed by atoms with Crippen molar-refractivity contribution in [1.29, 1.82) is 0 Å². The molecule has 1 unspecified atom stereocenters. The smallest absolute Gasteiger partial charge is 0.241 e. The lowest BCUT2D eigenvalue weighted by molar-refractivity contribution is -0.126. The predicted octanol–water partition coefficient (Wildman–Crippen LogP) is 2.08. The molecule has 1 N–H and O–H groups in total. The fourth-order valence-corrected chi connectivity index (χ4v) is 3.83. The van der Waals surface area contributed by atoms with Gasteiger partial charge in [-0.15, -0.1) is 11.3 Å². The average Bonchev–Trinajstić information content (AvgIpc) is 3.30. The molecule has 2 aromatic rings. The first-order chi connectivity index (χ1) is 12.6. The quantitative estimate of drug-likeness (QED) is 0.710. The van der Waals surface area contributed by atoms with Gasteiger partial charge in [0.25, 0.3) is 0 Å². The zero-order valence-electron chi connectivity index (χ0n) is 15.5. The fourth-order valence-electron chi connectivity index (χ4n) is 3.18. The molecule has 1 saturated heterocycles. The summed E-state index contributed by atoms with van der Waals surface area (Å²) in [6, 6.07) is 3.96. The number of nitrogens with one attached hydrogen (secondary N) is 1. The second kappa shape index (κ2) is 9.25. The SMILES string of the molecule is CN(C)CCCNC(=O)C1CCCN(Cc2nc(-c3cccs3)no2)C1. The van der Waals surface area contributed by atoms with Crippen molar-refractivity contribution in [2.24, 2.45) is 5.92 Å². The van der Waals surface area contributed by atoms with E-state index in [9.17, 15) is 4.79 Å². The molecule has 0 bridgehead atoms. The van der Waals surface area contributed by atoms with Crippen LogP contribution in [0.2, 0.25) is 0 Å². The Morgan fingerprint density at radius 2 is 2.38 bits per heavy atom. The van der Waals surface area contributed by atoms with Gasteiger partial charge in [-0.1, -0.05) is 11.2 Å². The van der Waals surface area contributed by atoms with E-state index < -0.39 is 0 Å². The van der Waals surface area contributed by atoms with Crippen molar-refractivity contribution in [3.8, 4) is 10.7 Å². The van der Waals surface area contributed by atoms with Crippen molar-refractivity contribution >= 4 is 17.2 Å². The maximum Gasteiger partial charge on any atom is 0.241 e. The van der Waals surface area contributed by atoms with E-state index >= 15 is 0 Å². The minimum atomic E-state index is 0.0443. The zero-order chi connectivity index (χ0) is 18.4. The highest BCUT2D eigenvalue weighted by Gasteiger charge is 2.26. The zero-order valence-corrected chi connectivity index (χ0v) is 16.3. The predicted molar refractivity (Wildman–Crippen MR) is 102 cm³/mol. The van der Waals surface area contributed by atoms with Crippen molar-refractivity contribution in [3.63, 3.8) is 0 Å². The minimum Gasteiger partial charge on any atom is -0.356 e. The Hall–Kier alpha value is -1.77. The van der Waals surface area contributed by atoms with Crippen LogP contribution in [0, 0.1) is 5.92 Å². The highest BCUT2D eigenvalue weighted by atomic mass is 32.1. The van der Waals surface area contributed by atoms with Gasteiger partial charge < -0.3 is 14.7 Å². The molecule has 3 heterocycles. The van der Waals surface area contributed by atoms with E-state index in [-0.39, 0.29) is 11.8 Å². The molecule has 0 radical (unpaired) electrons. The van der Waals surface area contributed by atoms with Gasteiger partial charge in [-0.25, -0.2) is 0 Å². The topological polar surface area (TPSA) is 74.5 Å². The van der Waals surface area contributed by atoms with E-state index in [0.29, 0.717) is 18.3 Å². The summed E-state index contributed by atoms with van der Waals surface area (Å²) in [5.74, 6) is 1.46. The molecule has 7 nitrogen and oxygen atoms in total. The normalized spacial score (nSPS) is 18.3. The molecular formula is C18H27N5O2S. The van der Waals surface area contributed by atoms with Gasteiger partial charge in [0.1, 0.15) is 0 Å². The first-order valence-corrected chi connectivity index (χ1v) is 10.0. The standard InChI is InChI=1S/C18H27N5O2S/c1-22(2)9-5-8-19-18(24)14-6-3-10-23(12-14)13-16-20-17(21-25-16)15-7-4-11-26-15/h4,7,11,14H,3,5-6,8-10,12-13H2,1-2H3,(H,19,24). The highest BCUT2D eigenvalue weighted by Crippen LogP contribution is 2.23. The van der Waals surface area contributed by atoms with Crippen molar-refractivity contribution in [3.05, 3.63) is 23.4 Å². The summed E-state index contributed by atoms with van der Waals surface area (Å²) in [6.45, 7) is 4.03. The summed E-state index contributed by atoms with van der Waals surface area (Å²) >= 11 is 1.60. The Balaban J connectivity index is 1.47. The molecule has 0 spiro atoms. The van der Waals surface area contributed by atoms with E-state index in [2.05, 4.69) is 25.3 Å².